The number of nitrogens with zero attached hydrogens (tertiary/aromatic N) is 3. The summed E-state index contributed by atoms with van der Waals surface area (Å²) in [6, 6.07) is 22.5. The van der Waals surface area contributed by atoms with Crippen LogP contribution in [0, 0.1) is 0 Å². The summed E-state index contributed by atoms with van der Waals surface area (Å²) >= 11 is 1.47. The molecule has 4 aromatic rings. The van der Waals surface area contributed by atoms with Crippen LogP contribution in [0.15, 0.2) is 84.5 Å². The first-order chi connectivity index (χ1) is 17.7. The highest BCUT2D eigenvalue weighted by atomic mass is 32.1. The van der Waals surface area contributed by atoms with Crippen LogP contribution in [-0.2, 0) is 16.7 Å². The zero-order valence-electron chi connectivity index (χ0n) is 20.3. The average Bonchev–Trinajstić information content (AvgIpc) is 3.67. The molecule has 0 unspecified atom stereocenters. The van der Waals surface area contributed by atoms with Crippen molar-refractivity contribution >= 4 is 17.2 Å². The monoisotopic (exact) mass is 498 g/mol. The summed E-state index contributed by atoms with van der Waals surface area (Å²) in [7, 11) is 1.79. The van der Waals surface area contributed by atoms with Crippen LogP contribution in [0.4, 0.5) is 0 Å². The third kappa shape index (κ3) is 3.97. The van der Waals surface area contributed by atoms with Crippen LogP contribution in [0.25, 0.3) is 5.82 Å². The van der Waals surface area contributed by atoms with E-state index in [1.54, 1.807) is 7.11 Å². The van der Waals surface area contributed by atoms with E-state index in [1.165, 1.54) is 28.2 Å². The molecule has 1 aromatic carbocycles. The molecule has 6 rings (SSSR count). The molecule has 1 aliphatic heterocycles. The number of hydrogen-bond acceptors (Lipinski definition) is 5. The van der Waals surface area contributed by atoms with Gasteiger partial charge < -0.3 is 14.6 Å². The molecule has 3 aromatic heterocycles. The van der Waals surface area contributed by atoms with Crippen LogP contribution >= 0.6 is 11.3 Å². The lowest BCUT2D eigenvalue weighted by molar-refractivity contribution is -0.0123. The molecule has 1 amide bonds. The second-order valence-electron chi connectivity index (χ2n) is 9.66. The third-order valence-corrected chi connectivity index (χ3v) is 8.70. The minimum Gasteiger partial charge on any atom is -0.378 e. The number of likely N-dealkylation sites (tertiary alicyclic amines) is 1. The van der Waals surface area contributed by atoms with Crippen molar-refractivity contribution < 1.29 is 9.53 Å². The fourth-order valence-electron chi connectivity index (χ4n) is 6.15. The molecule has 1 spiro atoms. The maximum Gasteiger partial charge on any atom is 0.261 e. The van der Waals surface area contributed by atoms with E-state index in [-0.39, 0.29) is 23.5 Å². The molecule has 0 bridgehead atoms. The zero-order valence-corrected chi connectivity index (χ0v) is 21.2. The number of amides is 1. The number of methoxy groups -OCH3 is 1. The number of pyridine rings is 1. The Morgan fingerprint density at radius 3 is 2.67 bits per heavy atom. The highest BCUT2D eigenvalue weighted by Crippen LogP contribution is 2.52. The van der Waals surface area contributed by atoms with E-state index in [0.717, 1.165) is 43.2 Å². The summed E-state index contributed by atoms with van der Waals surface area (Å²) in [5.41, 5.74) is 3.63. The van der Waals surface area contributed by atoms with E-state index < -0.39 is 0 Å². The van der Waals surface area contributed by atoms with E-state index in [1.807, 2.05) is 41.9 Å². The Morgan fingerprint density at radius 1 is 1.08 bits per heavy atom. The molecule has 1 fully saturated rings. The maximum atomic E-state index is 13.0. The quantitative estimate of drug-likeness (QED) is 0.408. The largest absolute Gasteiger partial charge is 0.378 e. The van der Waals surface area contributed by atoms with Gasteiger partial charge in [0.2, 0.25) is 0 Å². The number of aromatic nitrogens is 2. The molecule has 0 radical (unpaired) electrons. The van der Waals surface area contributed by atoms with Gasteiger partial charge in [0.1, 0.15) is 5.82 Å². The van der Waals surface area contributed by atoms with Crippen molar-refractivity contribution in [1.82, 2.24) is 19.8 Å². The first kappa shape index (κ1) is 23.2. The molecule has 36 heavy (non-hydrogen) atoms. The molecule has 1 saturated heterocycles. The number of hydrogen-bond donors (Lipinski definition) is 1. The molecule has 6 nitrogen and oxygen atoms in total. The van der Waals surface area contributed by atoms with Gasteiger partial charge in [0, 0.05) is 37.2 Å². The summed E-state index contributed by atoms with van der Waals surface area (Å²) in [5.74, 6) is 0.913. The number of benzene rings is 1. The molecule has 4 heterocycles. The van der Waals surface area contributed by atoms with E-state index in [0.29, 0.717) is 0 Å². The standard InChI is InChI=1S/C29H30N4O2S/c1-35-27-26(31-28(34)24-11-7-19-36-24)22-9-2-3-10-23(22)29(27)13-17-32(18-14-29)20-21-8-6-16-33(21)25-12-4-5-15-30-25/h2-12,15-16,19,26-27H,13-14,17-18,20H2,1H3,(H,31,34)/t26-,27+/m1/s1. The highest BCUT2D eigenvalue weighted by molar-refractivity contribution is 7.12. The molecule has 2 aliphatic rings. The molecule has 2 atom stereocenters. The summed E-state index contributed by atoms with van der Waals surface area (Å²) in [6.45, 7) is 2.80. The second-order valence-corrected chi connectivity index (χ2v) is 10.6. The molecule has 7 heteroatoms. The molecule has 1 aliphatic carbocycles. The van der Waals surface area contributed by atoms with Gasteiger partial charge in [0.15, 0.2) is 0 Å². The van der Waals surface area contributed by atoms with Gasteiger partial charge in [0.25, 0.3) is 5.91 Å². The predicted octanol–water partition coefficient (Wildman–Crippen LogP) is 4.97. The number of carbonyl (C=O) groups excluding carboxylic acids is 1. The van der Waals surface area contributed by atoms with E-state index in [9.17, 15) is 4.79 Å². The van der Waals surface area contributed by atoms with Crippen molar-refractivity contribution in [2.24, 2.45) is 0 Å². The SMILES string of the molecule is CO[C@H]1[C@H](NC(=O)c2cccs2)c2ccccc2C12CCN(Cc1cccn1-c1ccccn1)CC2. The summed E-state index contributed by atoms with van der Waals surface area (Å²) in [6.07, 6.45) is 5.78. The number of thiophene rings is 1. The van der Waals surface area contributed by atoms with E-state index >= 15 is 0 Å². The predicted molar refractivity (Wildman–Crippen MR) is 142 cm³/mol. The van der Waals surface area contributed by atoms with Gasteiger partial charge in [-0.2, -0.15) is 0 Å². The molecule has 0 saturated carbocycles. The lowest BCUT2D eigenvalue weighted by atomic mass is 9.72. The Bertz CT molecular complexity index is 1330. The number of carbonyl (C=O) groups is 1. The molecular weight excluding hydrogens is 468 g/mol. The summed E-state index contributed by atoms with van der Waals surface area (Å²) in [4.78, 5) is 20.8. The van der Waals surface area contributed by atoms with Gasteiger partial charge in [0.05, 0.1) is 17.0 Å². The van der Waals surface area contributed by atoms with E-state index in [2.05, 4.69) is 62.4 Å². The number of fused-ring (bicyclic) bond motifs is 2. The van der Waals surface area contributed by atoms with Crippen molar-refractivity contribution in [2.75, 3.05) is 20.2 Å². The van der Waals surface area contributed by atoms with Gasteiger partial charge in [-0.15, -0.1) is 11.3 Å². The smallest absolute Gasteiger partial charge is 0.261 e. The number of nitrogens with one attached hydrogen (secondary N) is 1. The number of rotatable bonds is 6. The van der Waals surface area contributed by atoms with Crippen LogP contribution in [0.2, 0.25) is 0 Å². The topological polar surface area (TPSA) is 59.4 Å². The van der Waals surface area contributed by atoms with Crippen LogP contribution in [0.1, 0.15) is 45.4 Å². The van der Waals surface area contributed by atoms with Crippen LogP contribution in [-0.4, -0.2) is 46.7 Å². The summed E-state index contributed by atoms with van der Waals surface area (Å²) in [5, 5.41) is 5.24. The van der Waals surface area contributed by atoms with Crippen molar-refractivity contribution in [3.8, 4) is 5.82 Å². The van der Waals surface area contributed by atoms with Gasteiger partial charge in [-0.1, -0.05) is 36.4 Å². The van der Waals surface area contributed by atoms with Crippen LogP contribution in [0.5, 0.6) is 0 Å². The van der Waals surface area contributed by atoms with Crippen molar-refractivity contribution in [3.05, 3.63) is 106 Å². The first-order valence-electron chi connectivity index (χ1n) is 12.5. The normalized spacial score (nSPS) is 20.9. The molecule has 184 valence electrons. The minimum absolute atomic E-state index is 0.0309. The minimum atomic E-state index is -0.159. The maximum absolute atomic E-state index is 13.0. The number of ether oxygens (including phenoxy) is 1. The summed E-state index contributed by atoms with van der Waals surface area (Å²) < 4.78 is 8.36. The molecular formula is C29H30N4O2S. The van der Waals surface area contributed by atoms with Crippen molar-refractivity contribution in [2.45, 2.75) is 36.9 Å². The Kier molecular flexibility index (Phi) is 6.21. The first-order valence-corrected chi connectivity index (χ1v) is 13.3. The Balaban J connectivity index is 1.22. The number of piperidine rings is 1. The Morgan fingerprint density at radius 2 is 1.92 bits per heavy atom. The lowest BCUT2D eigenvalue weighted by Crippen LogP contribution is -2.50. The molecule has 1 N–H and O–H groups in total. The fraction of sp³-hybridized carbons (Fsp3) is 0.310. The van der Waals surface area contributed by atoms with Crippen molar-refractivity contribution in [1.29, 1.82) is 0 Å². The van der Waals surface area contributed by atoms with Crippen molar-refractivity contribution in [3.63, 3.8) is 0 Å². The van der Waals surface area contributed by atoms with Gasteiger partial charge >= 0.3 is 0 Å². The average molecular weight is 499 g/mol. The fourth-order valence-corrected chi connectivity index (χ4v) is 6.78. The van der Waals surface area contributed by atoms with Gasteiger partial charge in [-0.25, -0.2) is 4.98 Å². The van der Waals surface area contributed by atoms with Crippen LogP contribution < -0.4 is 5.32 Å². The Hall–Kier alpha value is -3.26. The highest BCUT2D eigenvalue weighted by Gasteiger charge is 2.54. The second kappa shape index (κ2) is 9.65. The third-order valence-electron chi connectivity index (χ3n) is 7.83. The zero-order chi connectivity index (χ0) is 24.5. The van der Waals surface area contributed by atoms with Gasteiger partial charge in [-0.05, 0) is 72.8 Å². The van der Waals surface area contributed by atoms with Gasteiger partial charge in [-0.3, -0.25) is 9.69 Å². The van der Waals surface area contributed by atoms with Crippen LogP contribution in [0.3, 0.4) is 0 Å². The lowest BCUT2D eigenvalue weighted by Gasteiger charge is -2.44. The Labute approximate surface area is 215 Å². The van der Waals surface area contributed by atoms with E-state index in [4.69, 9.17) is 4.74 Å².